The number of carbonyl (C=O) groups is 1. The lowest BCUT2D eigenvalue weighted by Gasteiger charge is -2.54. The Labute approximate surface area is 224 Å². The van der Waals surface area contributed by atoms with E-state index in [1.807, 2.05) is 20.8 Å². The molecule has 38 heavy (non-hydrogen) atoms. The van der Waals surface area contributed by atoms with Gasteiger partial charge in [-0.3, -0.25) is 4.79 Å². The van der Waals surface area contributed by atoms with E-state index in [1.165, 1.54) is 50.5 Å². The van der Waals surface area contributed by atoms with Gasteiger partial charge in [0.2, 0.25) is 0 Å². The van der Waals surface area contributed by atoms with Crippen LogP contribution in [0.1, 0.15) is 63.2 Å². The van der Waals surface area contributed by atoms with Crippen LogP contribution in [0.25, 0.3) is 0 Å². The summed E-state index contributed by atoms with van der Waals surface area (Å²) >= 11 is 0. The number of carbonyl (C=O) groups excluding carboxylic acids is 1. The van der Waals surface area contributed by atoms with Gasteiger partial charge in [0.25, 0.3) is 11.8 Å². The van der Waals surface area contributed by atoms with Crippen molar-refractivity contribution in [2.75, 3.05) is 44.2 Å². The lowest BCUT2D eigenvalue weighted by atomic mass is 9.67. The van der Waals surface area contributed by atoms with E-state index in [1.54, 1.807) is 4.90 Å². The number of benzene rings is 1. The smallest absolute Gasteiger partial charge is 0.282 e. The fourth-order valence-electron chi connectivity index (χ4n) is 6.44. The van der Waals surface area contributed by atoms with Crippen molar-refractivity contribution in [3.63, 3.8) is 0 Å². The highest BCUT2D eigenvalue weighted by molar-refractivity contribution is 5.97. The molecule has 2 aromatic rings. The molecule has 3 heterocycles. The summed E-state index contributed by atoms with van der Waals surface area (Å²) in [5.41, 5.74) is 6.77. The monoisotopic (exact) mass is 525 g/mol. The molecule has 0 unspecified atom stereocenters. The van der Waals surface area contributed by atoms with Crippen LogP contribution < -0.4 is 15.4 Å². The molecule has 0 bridgehead atoms. The van der Waals surface area contributed by atoms with Crippen molar-refractivity contribution in [1.29, 1.82) is 0 Å². The van der Waals surface area contributed by atoms with Gasteiger partial charge in [-0.25, -0.2) is 9.37 Å². The van der Waals surface area contributed by atoms with Gasteiger partial charge in [0.15, 0.2) is 5.82 Å². The highest BCUT2D eigenvalue weighted by atomic mass is 19.1. The van der Waals surface area contributed by atoms with Gasteiger partial charge in [0.05, 0.1) is 5.56 Å². The molecule has 1 saturated carbocycles. The van der Waals surface area contributed by atoms with Crippen molar-refractivity contribution < 1.29 is 13.9 Å². The third-order valence-corrected chi connectivity index (χ3v) is 8.49. The number of anilines is 1. The Hall–Kier alpha value is -2.85. The van der Waals surface area contributed by atoms with Crippen LogP contribution in [-0.2, 0) is 0 Å². The molecule has 9 nitrogen and oxygen atoms in total. The summed E-state index contributed by atoms with van der Waals surface area (Å²) in [6.07, 6.45) is 7.31. The maximum atomic E-state index is 14.2. The summed E-state index contributed by atoms with van der Waals surface area (Å²) in [7, 11) is 0. The Morgan fingerprint density at radius 2 is 2.03 bits per heavy atom. The molecule has 5 rings (SSSR count). The first-order valence-electron chi connectivity index (χ1n) is 14.0. The van der Waals surface area contributed by atoms with E-state index in [9.17, 15) is 9.18 Å². The molecule has 3 fully saturated rings. The van der Waals surface area contributed by atoms with Gasteiger partial charge in [-0.15, -0.1) is 10.2 Å². The van der Waals surface area contributed by atoms with Crippen LogP contribution in [0.5, 0.6) is 11.6 Å². The molecule has 1 aromatic heterocycles. The SMILES string of the molecule is CCN(C(=O)c1cc(F)ccc1Oc1nncnc1N1CC[C@@H](CN2CC3(CCC(N)CC3)C2)C1)C(C)C. The third-order valence-electron chi connectivity index (χ3n) is 8.49. The molecule has 10 heteroatoms. The maximum absolute atomic E-state index is 14.2. The quantitative estimate of drug-likeness (QED) is 0.557. The predicted molar refractivity (Wildman–Crippen MR) is 144 cm³/mol. The standard InChI is InChI=1S/C28H40FN7O2/c1-4-36(19(2)3)27(37)23-13-21(29)5-6-24(23)38-26-25(31-18-32-33-26)35-12-9-20(15-35)14-34-16-28(17-34)10-7-22(30)8-11-28/h5-6,13,18-20,22H,4,7-12,14-17,30H2,1-3H3/t20-/m0/s1. The number of likely N-dealkylation sites (tertiary alicyclic amines) is 1. The lowest BCUT2D eigenvalue weighted by Crippen LogP contribution is -2.59. The number of nitrogens with zero attached hydrogens (tertiary/aromatic N) is 6. The molecule has 2 saturated heterocycles. The van der Waals surface area contributed by atoms with Gasteiger partial charge in [-0.05, 0) is 82.4 Å². The molecule has 3 aliphatic rings. The molecule has 0 radical (unpaired) electrons. The molecule has 1 aromatic carbocycles. The Bertz CT molecular complexity index is 1130. The van der Waals surface area contributed by atoms with E-state index < -0.39 is 5.82 Å². The van der Waals surface area contributed by atoms with Crippen LogP contribution >= 0.6 is 0 Å². The molecule has 1 amide bonds. The summed E-state index contributed by atoms with van der Waals surface area (Å²) in [4.78, 5) is 24.2. The molecule has 2 aliphatic heterocycles. The van der Waals surface area contributed by atoms with Gasteiger partial charge in [0, 0.05) is 51.4 Å². The average molecular weight is 526 g/mol. The van der Waals surface area contributed by atoms with Crippen LogP contribution in [0.2, 0.25) is 0 Å². The zero-order chi connectivity index (χ0) is 26.9. The second-order valence-electron chi connectivity index (χ2n) is 11.6. The Kier molecular flexibility index (Phi) is 7.81. The van der Waals surface area contributed by atoms with Crippen molar-refractivity contribution in [2.45, 2.75) is 65.0 Å². The van der Waals surface area contributed by atoms with Crippen molar-refractivity contribution in [2.24, 2.45) is 17.1 Å². The summed E-state index contributed by atoms with van der Waals surface area (Å²) in [6.45, 7) is 11.4. The fraction of sp³-hybridized carbons (Fsp3) is 0.643. The zero-order valence-electron chi connectivity index (χ0n) is 22.8. The summed E-state index contributed by atoms with van der Waals surface area (Å²) in [5, 5.41) is 8.13. The lowest BCUT2D eigenvalue weighted by molar-refractivity contribution is -0.0377. The van der Waals surface area contributed by atoms with Crippen LogP contribution in [0.3, 0.4) is 0 Å². The van der Waals surface area contributed by atoms with Crippen LogP contribution in [0, 0.1) is 17.2 Å². The first-order chi connectivity index (χ1) is 18.3. The molecular weight excluding hydrogens is 485 g/mol. The molecule has 206 valence electrons. The first-order valence-corrected chi connectivity index (χ1v) is 14.0. The minimum atomic E-state index is -0.496. The van der Waals surface area contributed by atoms with E-state index in [2.05, 4.69) is 25.0 Å². The fourth-order valence-corrected chi connectivity index (χ4v) is 6.44. The van der Waals surface area contributed by atoms with Gasteiger partial charge < -0.3 is 25.2 Å². The van der Waals surface area contributed by atoms with Crippen LogP contribution in [0.4, 0.5) is 10.2 Å². The number of hydrogen-bond donors (Lipinski definition) is 1. The number of ether oxygens (including phenoxy) is 1. The van der Waals surface area contributed by atoms with E-state index in [4.69, 9.17) is 10.5 Å². The molecule has 2 N–H and O–H groups in total. The highest BCUT2D eigenvalue weighted by Gasteiger charge is 2.45. The summed E-state index contributed by atoms with van der Waals surface area (Å²) in [6, 6.07) is 4.33. The topological polar surface area (TPSA) is 101 Å². The number of aromatic nitrogens is 3. The van der Waals surface area contributed by atoms with Gasteiger partial charge in [-0.1, -0.05) is 0 Å². The first kappa shape index (κ1) is 26.7. The maximum Gasteiger partial charge on any atom is 0.282 e. The number of rotatable bonds is 8. The van der Waals surface area contributed by atoms with Crippen molar-refractivity contribution in [3.05, 3.63) is 35.9 Å². The second-order valence-corrected chi connectivity index (χ2v) is 11.6. The largest absolute Gasteiger partial charge is 0.434 e. The zero-order valence-corrected chi connectivity index (χ0v) is 22.8. The summed E-state index contributed by atoms with van der Waals surface area (Å²) in [5.74, 6) is 0.819. The summed E-state index contributed by atoms with van der Waals surface area (Å²) < 4.78 is 20.3. The minimum absolute atomic E-state index is 0.0316. The Morgan fingerprint density at radius 3 is 2.74 bits per heavy atom. The Morgan fingerprint density at radius 1 is 1.26 bits per heavy atom. The van der Waals surface area contributed by atoms with Crippen LogP contribution in [0.15, 0.2) is 24.5 Å². The van der Waals surface area contributed by atoms with Crippen molar-refractivity contribution in [1.82, 2.24) is 25.0 Å². The second kappa shape index (κ2) is 11.1. The van der Waals surface area contributed by atoms with Gasteiger partial charge in [0.1, 0.15) is 17.9 Å². The molecule has 1 spiro atoms. The van der Waals surface area contributed by atoms with Gasteiger partial charge >= 0.3 is 0 Å². The van der Waals surface area contributed by atoms with Crippen LogP contribution in [-0.4, -0.2) is 82.2 Å². The number of nitrogens with two attached hydrogens (primary N) is 1. The predicted octanol–water partition coefficient (Wildman–Crippen LogP) is 3.70. The van der Waals surface area contributed by atoms with Crippen molar-refractivity contribution in [3.8, 4) is 11.6 Å². The highest BCUT2D eigenvalue weighted by Crippen LogP contribution is 2.44. The van der Waals surface area contributed by atoms with E-state index >= 15 is 0 Å². The Balaban J connectivity index is 1.25. The number of halogens is 1. The molecular formula is C28H40FN7O2. The van der Waals surface area contributed by atoms with E-state index in [0.717, 1.165) is 38.9 Å². The number of hydrogen-bond acceptors (Lipinski definition) is 8. The van der Waals surface area contributed by atoms with E-state index in [-0.39, 0.29) is 29.1 Å². The van der Waals surface area contributed by atoms with Gasteiger partial charge in [-0.2, -0.15) is 0 Å². The normalized spacial score (nSPS) is 21.6. The molecule has 1 atom stereocenters. The molecule has 1 aliphatic carbocycles. The number of amides is 1. The minimum Gasteiger partial charge on any atom is -0.434 e. The van der Waals surface area contributed by atoms with Crippen molar-refractivity contribution >= 4 is 11.7 Å². The van der Waals surface area contributed by atoms with E-state index in [0.29, 0.717) is 29.7 Å². The average Bonchev–Trinajstić information content (AvgIpc) is 3.34. The third kappa shape index (κ3) is 5.61.